The second-order valence-corrected chi connectivity index (χ2v) is 10.2. The predicted octanol–water partition coefficient (Wildman–Crippen LogP) is 5.04. The van der Waals surface area contributed by atoms with E-state index in [1.165, 1.54) is 24.2 Å². The van der Waals surface area contributed by atoms with Crippen LogP contribution in [0.5, 0.6) is 0 Å². The molecule has 0 saturated carbocycles. The third kappa shape index (κ3) is 5.03. The minimum atomic E-state index is -0.0484. The number of hydrogen-bond donors (Lipinski definition) is 2. The summed E-state index contributed by atoms with van der Waals surface area (Å²) in [5.41, 5.74) is 9.13. The maximum absolute atomic E-state index is 13.0. The number of nitrogens with zero attached hydrogens (tertiary/aromatic N) is 2. The Hall–Kier alpha value is -2.15. The summed E-state index contributed by atoms with van der Waals surface area (Å²) in [6.07, 6.45) is 6.19. The van der Waals surface area contributed by atoms with Crippen LogP contribution >= 0.6 is 22.9 Å². The summed E-state index contributed by atoms with van der Waals surface area (Å²) in [5.74, 6) is 1.20. The molecular weight excluding hydrogens is 428 g/mol. The van der Waals surface area contributed by atoms with E-state index >= 15 is 0 Å². The van der Waals surface area contributed by atoms with Gasteiger partial charge in [-0.25, -0.2) is 4.98 Å². The molecule has 3 aromatic rings. The molecule has 164 valence electrons. The number of anilines is 1. The van der Waals surface area contributed by atoms with Gasteiger partial charge in [-0.2, -0.15) is 0 Å². The Bertz CT molecular complexity index is 1090. The number of aromatic nitrogens is 1. The summed E-state index contributed by atoms with van der Waals surface area (Å²) in [5, 5.41) is 5.03. The van der Waals surface area contributed by atoms with E-state index in [4.69, 9.17) is 17.3 Å². The zero-order chi connectivity index (χ0) is 22.0. The number of piperidine rings is 1. The van der Waals surface area contributed by atoms with Crippen LogP contribution < -0.4 is 11.1 Å². The zero-order valence-electron chi connectivity index (χ0n) is 18.1. The van der Waals surface area contributed by atoms with E-state index in [0.717, 1.165) is 68.5 Å². The summed E-state index contributed by atoms with van der Waals surface area (Å²) in [4.78, 5) is 20.3. The van der Waals surface area contributed by atoms with Crippen LogP contribution in [0.3, 0.4) is 0 Å². The van der Waals surface area contributed by atoms with Crippen molar-refractivity contribution in [2.24, 2.45) is 5.92 Å². The number of rotatable bonds is 6. The van der Waals surface area contributed by atoms with Gasteiger partial charge in [0, 0.05) is 18.1 Å². The third-order valence-corrected chi connectivity index (χ3v) is 8.01. The fourth-order valence-electron chi connectivity index (χ4n) is 4.32. The molecule has 0 spiro atoms. The van der Waals surface area contributed by atoms with Gasteiger partial charge in [-0.15, -0.1) is 11.3 Å². The number of pyridine rings is 1. The lowest BCUT2D eigenvalue weighted by molar-refractivity contribution is 0.0954. The molecule has 1 saturated heterocycles. The summed E-state index contributed by atoms with van der Waals surface area (Å²) < 4.78 is 0.720. The number of thiophene rings is 1. The molecule has 1 aliphatic heterocycles. The average Bonchev–Trinajstić information content (AvgIpc) is 3.05. The van der Waals surface area contributed by atoms with Crippen molar-refractivity contribution in [2.45, 2.75) is 39.2 Å². The Morgan fingerprint density at radius 2 is 2.10 bits per heavy atom. The molecule has 2 aromatic heterocycles. The first-order chi connectivity index (χ1) is 14.9. The number of nitrogen functional groups attached to an aromatic ring is 1. The van der Waals surface area contributed by atoms with E-state index in [1.54, 1.807) is 6.20 Å². The monoisotopic (exact) mass is 456 g/mol. The lowest BCUT2D eigenvalue weighted by Gasteiger charge is -2.29. The number of nitrogens with two attached hydrogens (primary N) is 1. The molecule has 0 unspecified atom stereocenters. The Morgan fingerprint density at radius 3 is 2.87 bits per heavy atom. The van der Waals surface area contributed by atoms with Crippen LogP contribution in [0.15, 0.2) is 30.5 Å². The molecule has 31 heavy (non-hydrogen) atoms. The van der Waals surface area contributed by atoms with Crippen LogP contribution in [-0.4, -0.2) is 35.9 Å². The predicted molar refractivity (Wildman–Crippen MR) is 130 cm³/mol. The highest BCUT2D eigenvalue weighted by atomic mass is 35.5. The van der Waals surface area contributed by atoms with E-state index < -0.39 is 0 Å². The van der Waals surface area contributed by atoms with Gasteiger partial charge < -0.3 is 16.0 Å². The number of carbonyl (C=O) groups excluding carboxylic acids is 1. The first-order valence-corrected chi connectivity index (χ1v) is 12.0. The summed E-state index contributed by atoms with van der Waals surface area (Å²) in [7, 11) is 2.18. The molecule has 1 amide bonds. The minimum absolute atomic E-state index is 0.0484. The highest BCUT2D eigenvalue weighted by Crippen LogP contribution is 2.34. The Labute approximate surface area is 192 Å². The van der Waals surface area contributed by atoms with E-state index in [9.17, 15) is 4.79 Å². The van der Waals surface area contributed by atoms with Crippen LogP contribution in [0, 0.1) is 12.8 Å². The second-order valence-electron chi connectivity index (χ2n) is 8.53. The van der Waals surface area contributed by atoms with Crippen LogP contribution in [-0.2, 0) is 13.0 Å². The van der Waals surface area contributed by atoms with Gasteiger partial charge in [0.15, 0.2) is 0 Å². The van der Waals surface area contributed by atoms with Crippen molar-refractivity contribution in [3.8, 4) is 0 Å². The molecule has 0 aliphatic carbocycles. The number of likely N-dealkylation sites (tertiary alicyclic amines) is 1. The Kier molecular flexibility index (Phi) is 6.80. The van der Waals surface area contributed by atoms with Crippen molar-refractivity contribution < 1.29 is 4.79 Å². The standard InChI is InChI=1S/C24H29ClN4OS/c1-15-19(5-3-16-8-11-29(2)12-9-16)21(31-22(15)25)24(30)28-14-17-4-6-20-18(13-17)7-10-27-23(20)26/h4,6-7,10,13,16H,3,5,8-9,11-12,14H2,1-2H3,(H2,26,27)(H,28,30). The first-order valence-electron chi connectivity index (χ1n) is 10.8. The number of carbonyl (C=O) groups is 1. The molecule has 0 bridgehead atoms. The molecule has 4 rings (SSSR count). The van der Waals surface area contributed by atoms with Gasteiger partial charge in [0.25, 0.3) is 5.91 Å². The van der Waals surface area contributed by atoms with Gasteiger partial charge in [-0.1, -0.05) is 23.7 Å². The quantitative estimate of drug-likeness (QED) is 0.544. The number of fused-ring (bicyclic) bond motifs is 1. The number of halogens is 1. The fourth-order valence-corrected chi connectivity index (χ4v) is 5.67. The second kappa shape index (κ2) is 9.55. The van der Waals surface area contributed by atoms with Crippen LogP contribution in [0.2, 0.25) is 4.34 Å². The van der Waals surface area contributed by atoms with Crippen LogP contribution in [0.4, 0.5) is 5.82 Å². The topological polar surface area (TPSA) is 71.2 Å². The van der Waals surface area contributed by atoms with Crippen molar-refractivity contribution in [2.75, 3.05) is 25.9 Å². The maximum Gasteiger partial charge on any atom is 0.261 e. The van der Waals surface area contributed by atoms with Gasteiger partial charge in [0.1, 0.15) is 5.82 Å². The lowest BCUT2D eigenvalue weighted by Crippen LogP contribution is -2.30. The fraction of sp³-hybridized carbons (Fsp3) is 0.417. The Morgan fingerprint density at radius 1 is 1.32 bits per heavy atom. The smallest absolute Gasteiger partial charge is 0.261 e. The van der Waals surface area contributed by atoms with Gasteiger partial charge in [0.05, 0.1) is 9.21 Å². The van der Waals surface area contributed by atoms with Crippen molar-refractivity contribution in [1.82, 2.24) is 15.2 Å². The maximum atomic E-state index is 13.0. The van der Waals surface area contributed by atoms with Gasteiger partial charge in [-0.05, 0) is 92.9 Å². The van der Waals surface area contributed by atoms with Crippen LogP contribution in [0.1, 0.15) is 45.6 Å². The normalized spacial score (nSPS) is 15.5. The lowest BCUT2D eigenvalue weighted by atomic mass is 9.90. The van der Waals surface area contributed by atoms with Crippen LogP contribution in [0.25, 0.3) is 10.8 Å². The zero-order valence-corrected chi connectivity index (χ0v) is 19.7. The van der Waals surface area contributed by atoms with Gasteiger partial charge in [0.2, 0.25) is 0 Å². The molecule has 0 atom stereocenters. The van der Waals surface area contributed by atoms with Crippen molar-refractivity contribution in [3.05, 3.63) is 56.4 Å². The molecule has 3 heterocycles. The molecule has 5 nitrogen and oxygen atoms in total. The van der Waals surface area contributed by atoms with Crippen molar-refractivity contribution >= 4 is 45.4 Å². The van der Waals surface area contributed by atoms with E-state index in [1.807, 2.05) is 31.2 Å². The van der Waals surface area contributed by atoms with E-state index in [2.05, 4.69) is 22.2 Å². The molecule has 1 fully saturated rings. The van der Waals surface area contributed by atoms with Crippen molar-refractivity contribution in [1.29, 1.82) is 0 Å². The molecule has 3 N–H and O–H groups in total. The summed E-state index contributed by atoms with van der Waals surface area (Å²) >= 11 is 7.83. The van der Waals surface area contributed by atoms with E-state index in [0.29, 0.717) is 12.4 Å². The molecule has 0 radical (unpaired) electrons. The molecule has 1 aromatic carbocycles. The van der Waals surface area contributed by atoms with Gasteiger partial charge in [-0.3, -0.25) is 4.79 Å². The molecule has 7 heteroatoms. The molecule has 1 aliphatic rings. The SMILES string of the molecule is Cc1c(Cl)sc(C(=O)NCc2ccc3c(N)nccc3c2)c1CCC1CCN(C)CC1. The number of nitrogens with one attached hydrogen (secondary N) is 1. The number of hydrogen-bond acceptors (Lipinski definition) is 5. The minimum Gasteiger partial charge on any atom is -0.383 e. The van der Waals surface area contributed by atoms with E-state index in [-0.39, 0.29) is 5.91 Å². The van der Waals surface area contributed by atoms with Crippen molar-refractivity contribution in [3.63, 3.8) is 0 Å². The first kappa shape index (κ1) is 22.1. The highest BCUT2D eigenvalue weighted by Gasteiger charge is 2.22. The Balaban J connectivity index is 1.43. The number of benzene rings is 1. The third-order valence-electron chi connectivity index (χ3n) is 6.37. The highest BCUT2D eigenvalue weighted by molar-refractivity contribution is 7.18. The summed E-state index contributed by atoms with van der Waals surface area (Å²) in [6.45, 7) is 4.81. The molecular formula is C24H29ClN4OS. The summed E-state index contributed by atoms with van der Waals surface area (Å²) in [6, 6.07) is 7.91. The van der Waals surface area contributed by atoms with Gasteiger partial charge >= 0.3 is 0 Å². The largest absolute Gasteiger partial charge is 0.383 e. The number of amides is 1. The average molecular weight is 457 g/mol.